The second-order valence-corrected chi connectivity index (χ2v) is 5.20. The molecular weight excluding hydrogens is 206 g/mol. The van der Waals surface area contributed by atoms with E-state index in [1.807, 2.05) is 6.07 Å². The number of hydrogen-bond acceptors (Lipinski definition) is 4. The van der Waals surface area contributed by atoms with Crippen molar-refractivity contribution in [3.8, 4) is 0 Å². The maximum Gasteiger partial charge on any atom is 0.187 e. The third kappa shape index (κ3) is 3.18. The molecule has 0 spiro atoms. The number of nitrogens with two attached hydrogens (primary N) is 1. The van der Waals surface area contributed by atoms with Crippen molar-refractivity contribution in [1.82, 2.24) is 9.97 Å². The minimum atomic E-state index is 0.307. The molecule has 0 radical (unpaired) electrons. The van der Waals surface area contributed by atoms with Crippen LogP contribution in [0.2, 0.25) is 0 Å². The highest BCUT2D eigenvalue weighted by Gasteiger charge is 2.22. The summed E-state index contributed by atoms with van der Waals surface area (Å²) in [7, 11) is 0. The normalized spacial score (nSPS) is 27.3. The Kier molecular flexibility index (Phi) is 3.97. The van der Waals surface area contributed by atoms with Crippen molar-refractivity contribution in [1.29, 1.82) is 0 Å². The molecule has 1 fully saturated rings. The maximum absolute atomic E-state index is 6.15. The maximum atomic E-state index is 6.15. The summed E-state index contributed by atoms with van der Waals surface area (Å²) in [6, 6.07) is 2.15. The Morgan fingerprint density at radius 3 is 2.67 bits per heavy atom. The van der Waals surface area contributed by atoms with Crippen LogP contribution >= 0.6 is 11.8 Å². The van der Waals surface area contributed by atoms with E-state index in [2.05, 4.69) is 9.97 Å². The molecule has 0 aromatic carbocycles. The van der Waals surface area contributed by atoms with Crippen LogP contribution in [0.3, 0.4) is 0 Å². The Morgan fingerprint density at radius 2 is 1.87 bits per heavy atom. The van der Waals surface area contributed by atoms with Crippen LogP contribution in [0.5, 0.6) is 0 Å². The average molecular weight is 223 g/mol. The van der Waals surface area contributed by atoms with Crippen LogP contribution < -0.4 is 5.73 Å². The van der Waals surface area contributed by atoms with E-state index < -0.39 is 0 Å². The number of rotatable bonds is 2. The van der Waals surface area contributed by atoms with Gasteiger partial charge in [0.15, 0.2) is 5.16 Å². The fourth-order valence-corrected chi connectivity index (χ4v) is 3.04. The summed E-state index contributed by atoms with van der Waals surface area (Å²) in [6.07, 6.45) is 9.80. The average Bonchev–Trinajstić information content (AvgIpc) is 2.46. The van der Waals surface area contributed by atoms with Gasteiger partial charge in [0.1, 0.15) is 0 Å². The van der Waals surface area contributed by atoms with Crippen LogP contribution in [0.25, 0.3) is 0 Å². The molecule has 2 unspecified atom stereocenters. The van der Waals surface area contributed by atoms with Gasteiger partial charge in [-0.25, -0.2) is 9.97 Å². The molecule has 4 heteroatoms. The topological polar surface area (TPSA) is 51.8 Å². The third-order valence-electron chi connectivity index (χ3n) is 2.80. The van der Waals surface area contributed by atoms with Crippen molar-refractivity contribution in [3.05, 3.63) is 18.5 Å². The molecule has 1 aromatic heterocycles. The van der Waals surface area contributed by atoms with Gasteiger partial charge in [-0.05, 0) is 18.9 Å². The van der Waals surface area contributed by atoms with Crippen LogP contribution in [0.15, 0.2) is 23.6 Å². The summed E-state index contributed by atoms with van der Waals surface area (Å²) in [4.78, 5) is 8.47. The molecule has 1 aromatic rings. The van der Waals surface area contributed by atoms with Crippen molar-refractivity contribution < 1.29 is 0 Å². The molecule has 2 rings (SSSR count). The molecule has 2 N–H and O–H groups in total. The zero-order chi connectivity index (χ0) is 10.5. The van der Waals surface area contributed by atoms with E-state index in [1.165, 1.54) is 25.7 Å². The van der Waals surface area contributed by atoms with Gasteiger partial charge in [0.2, 0.25) is 0 Å². The van der Waals surface area contributed by atoms with Gasteiger partial charge >= 0.3 is 0 Å². The Hall–Kier alpha value is -0.610. The third-order valence-corrected chi connectivity index (χ3v) is 4.11. The standard InChI is InChI=1S/C11H17N3S/c12-9-5-2-1-3-6-10(9)15-11-13-7-4-8-14-11/h4,7-10H,1-3,5-6,12H2. The van der Waals surface area contributed by atoms with Crippen LogP contribution in [0.1, 0.15) is 32.1 Å². The molecule has 1 aliphatic rings. The minimum absolute atomic E-state index is 0.307. The second kappa shape index (κ2) is 5.47. The monoisotopic (exact) mass is 223 g/mol. The second-order valence-electron chi connectivity index (χ2n) is 3.99. The highest BCUT2D eigenvalue weighted by atomic mass is 32.2. The molecule has 15 heavy (non-hydrogen) atoms. The van der Waals surface area contributed by atoms with Crippen molar-refractivity contribution in [2.24, 2.45) is 5.73 Å². The lowest BCUT2D eigenvalue weighted by Gasteiger charge is -2.19. The van der Waals surface area contributed by atoms with Crippen molar-refractivity contribution in [2.75, 3.05) is 0 Å². The lowest BCUT2D eigenvalue weighted by Crippen LogP contribution is -2.31. The van der Waals surface area contributed by atoms with Crippen LogP contribution in [-0.4, -0.2) is 21.3 Å². The summed E-state index contributed by atoms with van der Waals surface area (Å²) >= 11 is 1.74. The predicted molar refractivity (Wildman–Crippen MR) is 62.7 cm³/mol. The summed E-state index contributed by atoms with van der Waals surface area (Å²) in [5, 5.41) is 1.36. The van der Waals surface area contributed by atoms with E-state index in [-0.39, 0.29) is 0 Å². The van der Waals surface area contributed by atoms with Gasteiger partial charge in [0, 0.05) is 23.7 Å². The Labute approximate surface area is 94.9 Å². The molecule has 1 saturated carbocycles. The SMILES string of the molecule is NC1CCCCCC1Sc1ncccn1. The molecule has 1 heterocycles. The zero-order valence-corrected chi connectivity index (χ0v) is 9.62. The van der Waals surface area contributed by atoms with Gasteiger partial charge in [-0.15, -0.1) is 0 Å². The van der Waals surface area contributed by atoms with E-state index >= 15 is 0 Å². The van der Waals surface area contributed by atoms with E-state index in [0.717, 1.165) is 11.6 Å². The van der Waals surface area contributed by atoms with Crippen LogP contribution in [-0.2, 0) is 0 Å². The predicted octanol–water partition coefficient (Wildman–Crippen LogP) is 2.23. The quantitative estimate of drug-likeness (QED) is 0.617. The van der Waals surface area contributed by atoms with Crippen molar-refractivity contribution in [2.45, 2.75) is 48.6 Å². The first-order valence-electron chi connectivity index (χ1n) is 5.55. The molecule has 0 aliphatic heterocycles. The van der Waals surface area contributed by atoms with Crippen molar-refractivity contribution in [3.63, 3.8) is 0 Å². The number of hydrogen-bond donors (Lipinski definition) is 1. The lowest BCUT2D eigenvalue weighted by molar-refractivity contribution is 0.595. The number of thioether (sulfide) groups is 1. The summed E-state index contributed by atoms with van der Waals surface area (Å²) in [5.74, 6) is 0. The molecule has 0 bridgehead atoms. The summed E-state index contributed by atoms with van der Waals surface area (Å²) < 4.78 is 0. The molecule has 3 nitrogen and oxygen atoms in total. The van der Waals surface area contributed by atoms with Crippen LogP contribution in [0.4, 0.5) is 0 Å². The lowest BCUT2D eigenvalue weighted by atomic mass is 10.1. The largest absolute Gasteiger partial charge is 0.327 e. The molecule has 2 atom stereocenters. The van der Waals surface area contributed by atoms with E-state index in [0.29, 0.717) is 11.3 Å². The molecule has 1 aliphatic carbocycles. The van der Waals surface area contributed by atoms with Gasteiger partial charge in [0.25, 0.3) is 0 Å². The Bertz CT molecular complexity index is 291. The fraction of sp³-hybridized carbons (Fsp3) is 0.636. The van der Waals surface area contributed by atoms with E-state index in [9.17, 15) is 0 Å². The van der Waals surface area contributed by atoms with Gasteiger partial charge in [0.05, 0.1) is 0 Å². The first-order chi connectivity index (χ1) is 7.36. The Morgan fingerprint density at radius 1 is 1.13 bits per heavy atom. The van der Waals surface area contributed by atoms with Gasteiger partial charge < -0.3 is 5.73 Å². The van der Waals surface area contributed by atoms with E-state index in [4.69, 9.17) is 5.73 Å². The number of aromatic nitrogens is 2. The zero-order valence-electron chi connectivity index (χ0n) is 8.80. The first-order valence-corrected chi connectivity index (χ1v) is 6.43. The van der Waals surface area contributed by atoms with Crippen LogP contribution in [0, 0.1) is 0 Å². The Balaban J connectivity index is 1.97. The van der Waals surface area contributed by atoms with Gasteiger partial charge in [-0.3, -0.25) is 0 Å². The minimum Gasteiger partial charge on any atom is -0.327 e. The summed E-state index contributed by atoms with van der Waals surface area (Å²) in [6.45, 7) is 0. The highest BCUT2D eigenvalue weighted by molar-refractivity contribution is 7.99. The molecule has 82 valence electrons. The molecule has 0 amide bonds. The fourth-order valence-electron chi connectivity index (χ4n) is 1.93. The highest BCUT2D eigenvalue weighted by Crippen LogP contribution is 2.29. The summed E-state index contributed by atoms with van der Waals surface area (Å²) in [5.41, 5.74) is 6.15. The van der Waals surface area contributed by atoms with Gasteiger partial charge in [-0.1, -0.05) is 31.0 Å². The van der Waals surface area contributed by atoms with Gasteiger partial charge in [-0.2, -0.15) is 0 Å². The smallest absolute Gasteiger partial charge is 0.187 e. The van der Waals surface area contributed by atoms with E-state index in [1.54, 1.807) is 24.2 Å². The number of nitrogens with zero attached hydrogens (tertiary/aromatic N) is 2. The first kappa shape index (κ1) is 10.9. The molecular formula is C11H17N3S. The molecule has 0 saturated heterocycles. The van der Waals surface area contributed by atoms with Crippen molar-refractivity contribution >= 4 is 11.8 Å².